The minimum Gasteiger partial charge on any atom is -0.320 e. The minimum absolute atomic E-state index is 0.482. The molecule has 0 amide bonds. The zero-order chi connectivity index (χ0) is 15.8. The van der Waals surface area contributed by atoms with Gasteiger partial charge in [-0.25, -0.2) is 13.1 Å². The minimum atomic E-state index is -4.07. The number of sulfonamides is 1. The molecule has 0 atom stereocenters. The monoisotopic (exact) mass is 307 g/mol. The van der Waals surface area contributed by atoms with Gasteiger partial charge in [-0.15, -0.1) is 0 Å². The predicted molar refractivity (Wildman–Crippen MR) is 72.2 cm³/mol. The number of aryl methyl sites for hydroxylation is 1. The van der Waals surface area contributed by atoms with Gasteiger partial charge in [-0.1, -0.05) is 11.6 Å². The second kappa shape index (κ2) is 5.38. The first kappa shape index (κ1) is 17.0. The summed E-state index contributed by atoms with van der Waals surface area (Å²) in [4.78, 5) is -0.482. The maximum absolute atomic E-state index is 13.8. The Balaban J connectivity index is 3.47. The van der Waals surface area contributed by atoms with E-state index in [-0.39, 0.29) is 0 Å². The van der Waals surface area contributed by atoms with E-state index >= 15 is 0 Å². The maximum atomic E-state index is 13.8. The Labute approximate surface area is 118 Å². The number of nitrogens with one attached hydrogen (secondary N) is 1. The van der Waals surface area contributed by atoms with Gasteiger partial charge in [0.15, 0.2) is 0 Å². The summed E-state index contributed by atoms with van der Waals surface area (Å²) >= 11 is 0. The van der Waals surface area contributed by atoms with Crippen LogP contribution in [0.5, 0.6) is 0 Å². The van der Waals surface area contributed by atoms with Crippen LogP contribution in [0.1, 0.15) is 31.9 Å². The lowest BCUT2D eigenvalue weighted by atomic mass is 10.1. The first-order valence-corrected chi connectivity index (χ1v) is 7.45. The average Bonchev–Trinajstić information content (AvgIpc) is 2.25. The Bertz CT molecular complexity index is 592. The lowest BCUT2D eigenvalue weighted by Gasteiger charge is -2.23. The number of rotatable bonds is 4. The molecule has 0 unspecified atom stereocenters. The molecule has 4 nitrogen and oxygen atoms in total. The van der Waals surface area contributed by atoms with Crippen molar-refractivity contribution in [3.05, 3.63) is 29.3 Å². The fourth-order valence-electron chi connectivity index (χ4n) is 1.67. The quantitative estimate of drug-likeness (QED) is 0.930. The molecule has 7 heteroatoms. The van der Waals surface area contributed by atoms with Gasteiger partial charge in [0.05, 0.1) is 10.5 Å². The Morgan fingerprint density at radius 3 is 2.20 bits per heavy atom. The predicted octanol–water partition coefficient (Wildman–Crippen LogP) is 2.77. The largest absolute Gasteiger partial charge is 0.384 e. The summed E-state index contributed by atoms with van der Waals surface area (Å²) in [5.41, 5.74) is -0.924. The van der Waals surface area contributed by atoms with E-state index in [1.807, 2.05) is 0 Å². The fourth-order valence-corrected chi connectivity index (χ4v) is 3.30. The lowest BCUT2D eigenvalue weighted by molar-refractivity contribution is -0.233. The molecule has 0 bridgehead atoms. The number of hydrogen-bond donors (Lipinski definition) is 1. The number of ether oxygens (including phenoxy) is 1. The van der Waals surface area contributed by atoms with Crippen molar-refractivity contribution in [1.82, 2.24) is 4.72 Å². The fraction of sp³-hybridized carbons (Fsp3) is 0.538. The van der Waals surface area contributed by atoms with Crippen molar-refractivity contribution in [2.45, 2.75) is 44.2 Å². The number of alkyl halides is 2. The van der Waals surface area contributed by atoms with Crippen LogP contribution in [0.25, 0.3) is 0 Å². The Morgan fingerprint density at radius 2 is 1.75 bits per heavy atom. The van der Waals surface area contributed by atoms with Crippen LogP contribution in [0, 0.1) is 6.92 Å². The Morgan fingerprint density at radius 1 is 1.20 bits per heavy atom. The van der Waals surface area contributed by atoms with Crippen LogP contribution in [0.15, 0.2) is 23.1 Å². The summed E-state index contributed by atoms with van der Waals surface area (Å²) < 4.78 is 58.5. The van der Waals surface area contributed by atoms with Crippen molar-refractivity contribution in [3.8, 4) is 0 Å². The van der Waals surface area contributed by atoms with E-state index in [1.54, 1.807) is 27.7 Å². The molecule has 0 saturated carbocycles. The van der Waals surface area contributed by atoms with Gasteiger partial charge in [-0.3, -0.25) is 0 Å². The van der Waals surface area contributed by atoms with Crippen LogP contribution in [0.3, 0.4) is 0 Å². The number of hydrogen-bond acceptors (Lipinski definition) is 3. The van der Waals surface area contributed by atoms with Crippen molar-refractivity contribution in [3.63, 3.8) is 0 Å². The highest BCUT2D eigenvalue weighted by atomic mass is 32.2. The van der Waals surface area contributed by atoms with Crippen molar-refractivity contribution < 1.29 is 21.9 Å². The number of halogens is 2. The van der Waals surface area contributed by atoms with Gasteiger partial charge in [0.25, 0.3) is 0 Å². The zero-order valence-electron chi connectivity index (χ0n) is 12.1. The van der Waals surface area contributed by atoms with Crippen molar-refractivity contribution in [2.24, 2.45) is 0 Å². The van der Waals surface area contributed by atoms with Gasteiger partial charge in [-0.05, 0) is 39.8 Å². The van der Waals surface area contributed by atoms with Crippen molar-refractivity contribution >= 4 is 10.0 Å². The summed E-state index contributed by atoms with van der Waals surface area (Å²) in [7, 11) is -3.24. The summed E-state index contributed by atoms with van der Waals surface area (Å²) in [6, 6.07) is 3.73. The van der Waals surface area contributed by atoms with E-state index in [9.17, 15) is 17.2 Å². The van der Waals surface area contributed by atoms with Crippen LogP contribution < -0.4 is 4.72 Å². The summed E-state index contributed by atoms with van der Waals surface area (Å²) in [6.45, 7) is 6.50. The molecule has 0 aliphatic heterocycles. The highest BCUT2D eigenvalue weighted by Gasteiger charge is 2.38. The maximum Gasteiger partial charge on any atom is 0.384 e. The summed E-state index contributed by atoms with van der Waals surface area (Å²) in [5, 5.41) is 0. The van der Waals surface area contributed by atoms with Crippen LogP contribution >= 0.6 is 0 Å². The topological polar surface area (TPSA) is 55.4 Å². The zero-order valence-corrected chi connectivity index (χ0v) is 12.9. The molecule has 1 aromatic rings. The van der Waals surface area contributed by atoms with Crippen LogP contribution in [0.4, 0.5) is 8.78 Å². The third-order valence-electron chi connectivity index (χ3n) is 2.44. The molecule has 0 aromatic heterocycles. The average molecular weight is 307 g/mol. The van der Waals surface area contributed by atoms with E-state index in [1.165, 1.54) is 6.07 Å². The summed E-state index contributed by atoms with van der Waals surface area (Å²) in [6.07, 6.45) is -3.67. The first-order valence-electron chi connectivity index (χ1n) is 5.97. The van der Waals surface area contributed by atoms with Gasteiger partial charge in [0.1, 0.15) is 0 Å². The smallest absolute Gasteiger partial charge is 0.320 e. The molecular weight excluding hydrogens is 288 g/mol. The highest BCUT2D eigenvalue weighted by Crippen LogP contribution is 2.34. The Hall–Kier alpha value is -1.05. The molecule has 0 aliphatic carbocycles. The van der Waals surface area contributed by atoms with Gasteiger partial charge in [0, 0.05) is 12.6 Å². The second-order valence-electron chi connectivity index (χ2n) is 5.58. The third-order valence-corrected chi connectivity index (χ3v) is 4.25. The Kier molecular flexibility index (Phi) is 4.58. The van der Waals surface area contributed by atoms with Gasteiger partial charge in [0.2, 0.25) is 10.0 Å². The van der Waals surface area contributed by atoms with Crippen LogP contribution in [-0.4, -0.2) is 21.1 Å². The van der Waals surface area contributed by atoms with Crippen LogP contribution in [-0.2, 0) is 20.9 Å². The number of benzene rings is 1. The van der Waals surface area contributed by atoms with Crippen molar-refractivity contribution in [2.75, 3.05) is 7.11 Å². The molecule has 0 aliphatic rings. The normalized spacial score (nSPS) is 13.6. The molecule has 20 heavy (non-hydrogen) atoms. The lowest BCUT2D eigenvalue weighted by Crippen LogP contribution is -2.41. The highest BCUT2D eigenvalue weighted by molar-refractivity contribution is 7.89. The van der Waals surface area contributed by atoms with Gasteiger partial charge < -0.3 is 4.74 Å². The molecular formula is C13H19F2NO3S. The van der Waals surface area contributed by atoms with E-state index in [4.69, 9.17) is 0 Å². The molecule has 0 saturated heterocycles. The number of methoxy groups -OCH3 is 1. The molecule has 1 aromatic carbocycles. The standard InChI is InChI=1S/C13H19F2NO3S/c1-9-6-7-11(10(8-9)13(14,15)19-5)20(17,18)16-12(2,3)4/h6-8,16H,1-5H3. The molecule has 1 rings (SSSR count). The van der Waals surface area contributed by atoms with Crippen molar-refractivity contribution in [1.29, 1.82) is 0 Å². The molecule has 0 heterocycles. The first-order chi connectivity index (χ1) is 8.89. The van der Waals surface area contributed by atoms with E-state index < -0.39 is 32.1 Å². The molecule has 0 spiro atoms. The van der Waals surface area contributed by atoms with Crippen LogP contribution in [0.2, 0.25) is 0 Å². The molecule has 114 valence electrons. The summed E-state index contributed by atoms with van der Waals surface area (Å²) in [5.74, 6) is 0. The van der Waals surface area contributed by atoms with E-state index in [0.29, 0.717) is 5.56 Å². The molecule has 1 N–H and O–H groups in total. The SMILES string of the molecule is COC(F)(F)c1cc(C)ccc1S(=O)(=O)NC(C)(C)C. The van der Waals surface area contributed by atoms with Gasteiger partial charge >= 0.3 is 6.11 Å². The molecule has 0 radical (unpaired) electrons. The third kappa shape index (κ3) is 3.97. The molecule has 0 fully saturated rings. The van der Waals surface area contributed by atoms with E-state index in [0.717, 1.165) is 19.2 Å². The van der Waals surface area contributed by atoms with E-state index in [2.05, 4.69) is 9.46 Å². The van der Waals surface area contributed by atoms with Gasteiger partial charge in [-0.2, -0.15) is 8.78 Å². The second-order valence-corrected chi connectivity index (χ2v) is 7.23.